The third-order valence-corrected chi connectivity index (χ3v) is 8.51. The van der Waals surface area contributed by atoms with Gasteiger partial charge in [0.15, 0.2) is 0 Å². The van der Waals surface area contributed by atoms with Crippen LogP contribution in [0.2, 0.25) is 0 Å². The zero-order chi connectivity index (χ0) is 15.2. The van der Waals surface area contributed by atoms with Gasteiger partial charge in [0, 0.05) is 0 Å². The average Bonchev–Trinajstić information content (AvgIpc) is 2.72. The molecule has 10 atom stereocenters. The van der Waals surface area contributed by atoms with Crippen molar-refractivity contribution in [1.29, 1.82) is 0 Å². The van der Waals surface area contributed by atoms with Crippen LogP contribution in [0.4, 0.5) is 0 Å². The van der Waals surface area contributed by atoms with E-state index in [1.165, 1.54) is 12.8 Å². The summed E-state index contributed by atoms with van der Waals surface area (Å²) in [6.07, 6.45) is 2.96. The molecule has 2 aliphatic rings. The molecule has 0 aliphatic heterocycles. The maximum Gasteiger partial charge on any atom is -0.0357 e. The fourth-order valence-electron chi connectivity index (χ4n) is 5.87. The average molecular weight is 279 g/mol. The van der Waals surface area contributed by atoms with Crippen molar-refractivity contribution in [3.8, 4) is 0 Å². The van der Waals surface area contributed by atoms with E-state index in [2.05, 4.69) is 55.4 Å². The van der Waals surface area contributed by atoms with Crippen molar-refractivity contribution >= 4 is 0 Å². The molecule has 0 amide bonds. The fourth-order valence-corrected chi connectivity index (χ4v) is 5.87. The largest absolute Gasteiger partial charge is 0.0620 e. The molecule has 118 valence electrons. The molecule has 0 aromatic carbocycles. The van der Waals surface area contributed by atoms with Crippen LogP contribution in [0.15, 0.2) is 0 Å². The van der Waals surface area contributed by atoms with Gasteiger partial charge in [0.1, 0.15) is 0 Å². The molecule has 0 saturated heterocycles. The second-order valence-electron chi connectivity index (χ2n) is 8.78. The normalized spacial score (nSPS) is 56.4. The summed E-state index contributed by atoms with van der Waals surface area (Å²) in [6.45, 7) is 20.0. The van der Waals surface area contributed by atoms with Crippen LogP contribution in [0.1, 0.15) is 68.2 Å². The Morgan fingerprint density at radius 1 is 0.350 bits per heavy atom. The number of rotatable bonds is 3. The monoisotopic (exact) mass is 278 g/mol. The lowest BCUT2D eigenvalue weighted by molar-refractivity contribution is 0.228. The zero-order valence-corrected chi connectivity index (χ0v) is 15.2. The van der Waals surface area contributed by atoms with Crippen LogP contribution in [0.25, 0.3) is 0 Å². The molecule has 0 spiro atoms. The van der Waals surface area contributed by atoms with Crippen molar-refractivity contribution in [2.45, 2.75) is 68.2 Å². The van der Waals surface area contributed by atoms with E-state index in [1.54, 1.807) is 0 Å². The lowest BCUT2D eigenvalue weighted by Crippen LogP contribution is -2.18. The quantitative estimate of drug-likeness (QED) is 0.584. The van der Waals surface area contributed by atoms with Gasteiger partial charge in [-0.25, -0.2) is 0 Å². The Balaban J connectivity index is 1.96. The Bertz CT molecular complexity index is 260. The highest BCUT2D eigenvalue weighted by Crippen LogP contribution is 2.51. The van der Waals surface area contributed by atoms with Gasteiger partial charge in [-0.3, -0.25) is 0 Å². The van der Waals surface area contributed by atoms with Gasteiger partial charge in [0.25, 0.3) is 0 Å². The van der Waals surface area contributed by atoms with Gasteiger partial charge in [0.05, 0.1) is 0 Å². The standard InChI is InChI=1S/C20H38/c1-11-12(2)16(6)19(15(11)5)9-10-20-17(7)13(3)14(4)18(20)8/h11-20H,9-10H2,1-8H3/t11?,12?,13?,14?,15-,16?,17+,18?,19?,20?. The van der Waals surface area contributed by atoms with Crippen LogP contribution < -0.4 is 0 Å². The van der Waals surface area contributed by atoms with Gasteiger partial charge >= 0.3 is 0 Å². The van der Waals surface area contributed by atoms with E-state index in [0.29, 0.717) is 0 Å². The highest BCUT2D eigenvalue weighted by molar-refractivity contribution is 4.93. The molecule has 0 N–H and O–H groups in total. The molecule has 0 nitrogen and oxygen atoms in total. The molecule has 20 heavy (non-hydrogen) atoms. The first-order chi connectivity index (χ1) is 9.27. The predicted octanol–water partition coefficient (Wildman–Crippen LogP) is 6.12. The molecule has 0 heteroatoms. The summed E-state index contributed by atoms with van der Waals surface area (Å²) in [7, 11) is 0. The zero-order valence-electron chi connectivity index (χ0n) is 15.2. The Hall–Kier alpha value is 0. The molecule has 0 heterocycles. The van der Waals surface area contributed by atoms with Crippen molar-refractivity contribution in [2.75, 3.05) is 0 Å². The second kappa shape index (κ2) is 6.01. The summed E-state index contributed by atoms with van der Waals surface area (Å²) in [6, 6.07) is 0. The summed E-state index contributed by atoms with van der Waals surface area (Å²) in [5, 5.41) is 0. The highest BCUT2D eigenvalue weighted by atomic mass is 14.5. The van der Waals surface area contributed by atoms with Gasteiger partial charge in [-0.2, -0.15) is 0 Å². The summed E-state index contributed by atoms with van der Waals surface area (Å²) in [4.78, 5) is 0. The molecule has 0 aromatic rings. The van der Waals surface area contributed by atoms with E-state index in [0.717, 1.165) is 59.2 Å². The molecule has 0 radical (unpaired) electrons. The Morgan fingerprint density at radius 2 is 0.550 bits per heavy atom. The minimum atomic E-state index is 0.922. The van der Waals surface area contributed by atoms with E-state index in [1.807, 2.05) is 0 Å². The van der Waals surface area contributed by atoms with Gasteiger partial charge in [-0.05, 0) is 72.0 Å². The van der Waals surface area contributed by atoms with Crippen LogP contribution in [0, 0.1) is 59.2 Å². The molecular weight excluding hydrogens is 240 g/mol. The van der Waals surface area contributed by atoms with Crippen LogP contribution in [0.3, 0.4) is 0 Å². The second-order valence-corrected chi connectivity index (χ2v) is 8.78. The summed E-state index contributed by atoms with van der Waals surface area (Å²) in [5.41, 5.74) is 0. The van der Waals surface area contributed by atoms with E-state index >= 15 is 0 Å². The van der Waals surface area contributed by atoms with Crippen molar-refractivity contribution in [1.82, 2.24) is 0 Å². The molecular formula is C20H38. The van der Waals surface area contributed by atoms with Crippen LogP contribution >= 0.6 is 0 Å². The van der Waals surface area contributed by atoms with E-state index < -0.39 is 0 Å². The van der Waals surface area contributed by atoms with Gasteiger partial charge < -0.3 is 0 Å². The first-order valence-electron chi connectivity index (χ1n) is 9.27. The minimum Gasteiger partial charge on any atom is -0.0620 e. The van der Waals surface area contributed by atoms with E-state index in [-0.39, 0.29) is 0 Å². The van der Waals surface area contributed by atoms with Crippen molar-refractivity contribution in [3.05, 3.63) is 0 Å². The third kappa shape index (κ3) is 2.57. The number of hydrogen-bond donors (Lipinski definition) is 0. The Morgan fingerprint density at radius 3 is 0.750 bits per heavy atom. The lowest BCUT2D eigenvalue weighted by atomic mass is 9.79. The molecule has 2 rings (SSSR count). The van der Waals surface area contributed by atoms with E-state index in [9.17, 15) is 0 Å². The van der Waals surface area contributed by atoms with Crippen molar-refractivity contribution in [2.24, 2.45) is 59.2 Å². The van der Waals surface area contributed by atoms with Gasteiger partial charge in [-0.1, -0.05) is 55.4 Å². The predicted molar refractivity (Wildman–Crippen MR) is 89.5 cm³/mol. The SMILES string of the molecule is CC1C(C)C(CCC2C(C)C(C)C(C)[C@@H]2C)[C@H](C)C1C. The number of hydrogen-bond acceptors (Lipinski definition) is 0. The molecule has 8 unspecified atom stereocenters. The van der Waals surface area contributed by atoms with Crippen LogP contribution in [-0.4, -0.2) is 0 Å². The molecule has 0 aromatic heterocycles. The summed E-state index contributed by atoms with van der Waals surface area (Å²) < 4.78 is 0. The first kappa shape index (κ1) is 16.4. The molecule has 0 bridgehead atoms. The highest BCUT2D eigenvalue weighted by Gasteiger charge is 2.44. The molecule has 2 aliphatic carbocycles. The topological polar surface area (TPSA) is 0 Å². The Kier molecular flexibility index (Phi) is 4.92. The van der Waals surface area contributed by atoms with E-state index in [4.69, 9.17) is 0 Å². The fraction of sp³-hybridized carbons (Fsp3) is 1.00. The smallest absolute Gasteiger partial charge is 0.0357 e. The molecule has 2 saturated carbocycles. The Labute approximate surface area is 128 Å². The van der Waals surface area contributed by atoms with Gasteiger partial charge in [-0.15, -0.1) is 0 Å². The van der Waals surface area contributed by atoms with Crippen molar-refractivity contribution in [3.63, 3.8) is 0 Å². The van der Waals surface area contributed by atoms with Crippen LogP contribution in [0.5, 0.6) is 0 Å². The van der Waals surface area contributed by atoms with Gasteiger partial charge in [0.2, 0.25) is 0 Å². The van der Waals surface area contributed by atoms with Crippen LogP contribution in [-0.2, 0) is 0 Å². The lowest BCUT2D eigenvalue weighted by Gasteiger charge is -2.27. The van der Waals surface area contributed by atoms with Crippen molar-refractivity contribution < 1.29 is 0 Å². The maximum atomic E-state index is 2.52. The summed E-state index contributed by atoms with van der Waals surface area (Å²) >= 11 is 0. The summed E-state index contributed by atoms with van der Waals surface area (Å²) in [5.74, 6) is 9.37. The minimum absolute atomic E-state index is 0.922. The molecule has 2 fully saturated rings. The third-order valence-electron chi connectivity index (χ3n) is 8.51. The first-order valence-corrected chi connectivity index (χ1v) is 9.27. The maximum absolute atomic E-state index is 2.52.